The number of carbonyl (C=O) groups is 1. The molecule has 0 saturated carbocycles. The molecule has 0 saturated heterocycles. The Morgan fingerprint density at radius 1 is 1.13 bits per heavy atom. The number of nitrogens with one attached hydrogen (secondary N) is 1. The minimum absolute atomic E-state index is 0.0885. The van der Waals surface area contributed by atoms with Crippen LogP contribution >= 0.6 is 0 Å². The van der Waals surface area contributed by atoms with Crippen LogP contribution in [-0.2, 0) is 4.79 Å². The third-order valence-electron chi connectivity index (χ3n) is 3.67. The first kappa shape index (κ1) is 16.5. The molecule has 1 amide bonds. The summed E-state index contributed by atoms with van der Waals surface area (Å²) in [6, 6.07) is 17.3. The predicted molar refractivity (Wildman–Crippen MR) is 93.9 cm³/mol. The number of rotatable bonds is 4. The van der Waals surface area contributed by atoms with Crippen molar-refractivity contribution < 1.29 is 4.79 Å². The number of amides is 1. The molecule has 116 valence electrons. The summed E-state index contributed by atoms with van der Waals surface area (Å²) in [6.07, 6.45) is 1.61. The van der Waals surface area contributed by atoms with Crippen molar-refractivity contribution in [1.29, 1.82) is 5.26 Å². The van der Waals surface area contributed by atoms with E-state index in [1.807, 2.05) is 61.5 Å². The van der Waals surface area contributed by atoms with Gasteiger partial charge in [-0.2, -0.15) is 5.26 Å². The second kappa shape index (κ2) is 7.42. The van der Waals surface area contributed by atoms with Crippen LogP contribution in [0.4, 0.5) is 5.69 Å². The van der Waals surface area contributed by atoms with E-state index in [1.54, 1.807) is 6.08 Å². The van der Waals surface area contributed by atoms with Crippen molar-refractivity contribution in [3.63, 3.8) is 0 Å². The molecule has 0 bridgehead atoms. The predicted octanol–water partition coefficient (Wildman–Crippen LogP) is 4.66. The average molecular weight is 304 g/mol. The molecule has 2 aromatic carbocycles. The van der Waals surface area contributed by atoms with E-state index < -0.39 is 5.91 Å². The maximum absolute atomic E-state index is 12.3. The van der Waals surface area contributed by atoms with Crippen LogP contribution in [0, 0.1) is 18.3 Å². The zero-order valence-corrected chi connectivity index (χ0v) is 13.6. The number of para-hydroxylation sites is 1. The topological polar surface area (TPSA) is 52.9 Å². The van der Waals surface area contributed by atoms with Crippen LogP contribution in [-0.4, -0.2) is 5.91 Å². The summed E-state index contributed by atoms with van der Waals surface area (Å²) in [5.41, 5.74) is 3.83. The van der Waals surface area contributed by atoms with Crippen LogP contribution in [0.3, 0.4) is 0 Å². The lowest BCUT2D eigenvalue weighted by Crippen LogP contribution is -2.14. The molecule has 1 N–H and O–H groups in total. The van der Waals surface area contributed by atoms with Crippen LogP contribution in [0.15, 0.2) is 54.1 Å². The van der Waals surface area contributed by atoms with Crippen LogP contribution in [0.25, 0.3) is 6.08 Å². The number of hydrogen-bond acceptors (Lipinski definition) is 2. The second-order valence-corrected chi connectivity index (χ2v) is 5.76. The van der Waals surface area contributed by atoms with Gasteiger partial charge in [0.05, 0.1) is 0 Å². The fourth-order valence-electron chi connectivity index (χ4n) is 2.20. The van der Waals surface area contributed by atoms with Gasteiger partial charge in [-0.3, -0.25) is 4.79 Å². The second-order valence-electron chi connectivity index (χ2n) is 5.76. The zero-order valence-electron chi connectivity index (χ0n) is 13.6. The minimum Gasteiger partial charge on any atom is -0.321 e. The van der Waals surface area contributed by atoms with Gasteiger partial charge in [-0.05, 0) is 41.7 Å². The number of nitrogens with zero attached hydrogens (tertiary/aromatic N) is 1. The van der Waals surface area contributed by atoms with Gasteiger partial charge in [0.15, 0.2) is 0 Å². The zero-order chi connectivity index (χ0) is 16.8. The molecule has 3 nitrogen and oxygen atoms in total. The monoisotopic (exact) mass is 304 g/mol. The Balaban J connectivity index is 2.20. The Morgan fingerprint density at radius 3 is 2.35 bits per heavy atom. The van der Waals surface area contributed by atoms with Crippen LogP contribution in [0.5, 0.6) is 0 Å². The van der Waals surface area contributed by atoms with Gasteiger partial charge in [-0.1, -0.05) is 56.3 Å². The molecular weight excluding hydrogens is 284 g/mol. The number of aryl methyl sites for hydroxylation is 1. The van der Waals surface area contributed by atoms with E-state index in [1.165, 1.54) is 5.56 Å². The normalized spacial score (nSPS) is 11.2. The Morgan fingerprint density at radius 2 is 1.78 bits per heavy atom. The highest BCUT2D eigenvalue weighted by atomic mass is 16.1. The van der Waals surface area contributed by atoms with Gasteiger partial charge in [0, 0.05) is 5.69 Å². The van der Waals surface area contributed by atoms with Crippen molar-refractivity contribution in [2.24, 2.45) is 0 Å². The Kier molecular flexibility index (Phi) is 5.32. The smallest absolute Gasteiger partial charge is 0.266 e. The summed E-state index contributed by atoms with van der Waals surface area (Å²) >= 11 is 0. The van der Waals surface area contributed by atoms with Gasteiger partial charge in [-0.25, -0.2) is 0 Å². The molecule has 23 heavy (non-hydrogen) atoms. The van der Waals surface area contributed by atoms with Gasteiger partial charge < -0.3 is 5.32 Å². The summed E-state index contributed by atoms with van der Waals surface area (Å²) in [6.45, 7) is 6.17. The number of nitriles is 1. The van der Waals surface area contributed by atoms with E-state index in [0.29, 0.717) is 11.6 Å². The Bertz CT molecular complexity index is 765. The third kappa shape index (κ3) is 4.31. The largest absolute Gasteiger partial charge is 0.321 e. The summed E-state index contributed by atoms with van der Waals surface area (Å²) < 4.78 is 0. The molecule has 0 radical (unpaired) electrons. The molecule has 2 rings (SSSR count). The quantitative estimate of drug-likeness (QED) is 0.659. The molecule has 0 aliphatic carbocycles. The average Bonchev–Trinajstić information content (AvgIpc) is 2.55. The van der Waals surface area contributed by atoms with Crippen molar-refractivity contribution in [3.05, 3.63) is 70.8 Å². The van der Waals surface area contributed by atoms with E-state index in [9.17, 15) is 10.1 Å². The van der Waals surface area contributed by atoms with Crippen LogP contribution in [0.2, 0.25) is 0 Å². The van der Waals surface area contributed by atoms with Crippen molar-refractivity contribution in [1.82, 2.24) is 0 Å². The Labute approximate surface area is 137 Å². The lowest BCUT2D eigenvalue weighted by molar-refractivity contribution is -0.112. The number of hydrogen-bond donors (Lipinski definition) is 1. The maximum atomic E-state index is 12.3. The maximum Gasteiger partial charge on any atom is 0.266 e. The molecule has 0 fully saturated rings. The van der Waals surface area contributed by atoms with Crippen molar-refractivity contribution in [2.75, 3.05) is 5.32 Å². The van der Waals surface area contributed by atoms with E-state index in [-0.39, 0.29) is 5.57 Å². The lowest BCUT2D eigenvalue weighted by Gasteiger charge is -2.08. The molecule has 0 unspecified atom stereocenters. The standard InChI is InChI=1S/C20H20N2O/c1-14(2)17-10-8-16(9-11-17)12-18(13-21)20(23)22-19-7-5-4-6-15(19)3/h4-12,14H,1-3H3,(H,22,23)/b18-12-. The van der Waals surface area contributed by atoms with Crippen molar-refractivity contribution in [3.8, 4) is 6.07 Å². The number of carbonyl (C=O) groups excluding carboxylic acids is 1. The van der Waals surface area contributed by atoms with Gasteiger partial charge in [-0.15, -0.1) is 0 Å². The van der Waals surface area contributed by atoms with Crippen LogP contribution < -0.4 is 5.32 Å². The molecule has 0 atom stereocenters. The molecule has 0 aromatic heterocycles. The van der Waals surface area contributed by atoms with Crippen molar-refractivity contribution in [2.45, 2.75) is 26.7 Å². The van der Waals surface area contributed by atoms with E-state index in [2.05, 4.69) is 19.2 Å². The SMILES string of the molecule is Cc1ccccc1NC(=O)/C(C#N)=C\c1ccc(C(C)C)cc1. The molecule has 0 aliphatic rings. The molecular formula is C20H20N2O. The highest BCUT2D eigenvalue weighted by Crippen LogP contribution is 2.18. The molecule has 0 aliphatic heterocycles. The van der Waals surface area contributed by atoms with Gasteiger partial charge in [0.25, 0.3) is 5.91 Å². The number of benzene rings is 2. The highest BCUT2D eigenvalue weighted by Gasteiger charge is 2.10. The lowest BCUT2D eigenvalue weighted by atomic mass is 10.0. The minimum atomic E-state index is -0.394. The molecule has 0 heterocycles. The Hall–Kier alpha value is -2.86. The van der Waals surface area contributed by atoms with Gasteiger partial charge in [0.2, 0.25) is 0 Å². The summed E-state index contributed by atoms with van der Waals surface area (Å²) in [5, 5.41) is 12.1. The summed E-state index contributed by atoms with van der Waals surface area (Å²) in [7, 11) is 0. The fourth-order valence-corrected chi connectivity index (χ4v) is 2.20. The molecule has 2 aromatic rings. The van der Waals surface area contributed by atoms with E-state index in [4.69, 9.17) is 0 Å². The third-order valence-corrected chi connectivity index (χ3v) is 3.67. The van der Waals surface area contributed by atoms with E-state index >= 15 is 0 Å². The highest BCUT2D eigenvalue weighted by molar-refractivity contribution is 6.09. The van der Waals surface area contributed by atoms with E-state index in [0.717, 1.165) is 11.1 Å². The summed E-state index contributed by atoms with van der Waals surface area (Å²) in [5.74, 6) is 0.0579. The summed E-state index contributed by atoms with van der Waals surface area (Å²) in [4.78, 5) is 12.3. The number of anilines is 1. The van der Waals surface area contributed by atoms with Gasteiger partial charge >= 0.3 is 0 Å². The first-order valence-electron chi connectivity index (χ1n) is 7.60. The van der Waals surface area contributed by atoms with Crippen LogP contribution in [0.1, 0.15) is 36.5 Å². The molecule has 0 spiro atoms. The first-order valence-corrected chi connectivity index (χ1v) is 7.60. The van der Waals surface area contributed by atoms with Crippen molar-refractivity contribution >= 4 is 17.7 Å². The fraction of sp³-hybridized carbons (Fsp3) is 0.200. The molecule has 3 heteroatoms. The first-order chi connectivity index (χ1) is 11.0. The van der Waals surface area contributed by atoms with Gasteiger partial charge in [0.1, 0.15) is 11.6 Å².